The number of anilines is 1. The molecule has 0 amide bonds. The van der Waals surface area contributed by atoms with E-state index in [0.29, 0.717) is 0 Å². The number of benzene rings is 2. The first-order valence-corrected chi connectivity index (χ1v) is 6.54. The maximum atomic E-state index is 6.15. The SMILES string of the molecule is Cc1ccc(C(C)Nc2ccccc2Cl)cc1C. The van der Waals surface area contributed by atoms with Crippen molar-refractivity contribution in [2.75, 3.05) is 5.32 Å². The highest BCUT2D eigenvalue weighted by Crippen LogP contribution is 2.26. The van der Waals surface area contributed by atoms with Gasteiger partial charge in [-0.15, -0.1) is 0 Å². The summed E-state index contributed by atoms with van der Waals surface area (Å²) < 4.78 is 0. The molecular formula is C16H18ClN. The summed E-state index contributed by atoms with van der Waals surface area (Å²) in [6, 6.07) is 14.6. The summed E-state index contributed by atoms with van der Waals surface area (Å²) in [4.78, 5) is 0. The standard InChI is InChI=1S/C16H18ClN/c1-11-8-9-14(10-12(11)2)13(3)18-16-7-5-4-6-15(16)17/h4-10,13,18H,1-3H3. The average molecular weight is 260 g/mol. The van der Waals surface area contributed by atoms with Gasteiger partial charge in [-0.2, -0.15) is 0 Å². The average Bonchev–Trinajstić information content (AvgIpc) is 2.35. The van der Waals surface area contributed by atoms with Crippen LogP contribution in [0.25, 0.3) is 0 Å². The molecule has 18 heavy (non-hydrogen) atoms. The van der Waals surface area contributed by atoms with Crippen molar-refractivity contribution < 1.29 is 0 Å². The minimum absolute atomic E-state index is 0.240. The van der Waals surface area contributed by atoms with Gasteiger partial charge in [0, 0.05) is 6.04 Å². The number of halogens is 1. The van der Waals surface area contributed by atoms with Gasteiger partial charge in [-0.05, 0) is 49.6 Å². The van der Waals surface area contributed by atoms with Crippen LogP contribution in [-0.2, 0) is 0 Å². The van der Waals surface area contributed by atoms with Crippen molar-refractivity contribution in [1.82, 2.24) is 0 Å². The van der Waals surface area contributed by atoms with Crippen molar-refractivity contribution in [1.29, 1.82) is 0 Å². The third kappa shape index (κ3) is 2.85. The number of hydrogen-bond acceptors (Lipinski definition) is 1. The molecule has 0 aromatic heterocycles. The van der Waals surface area contributed by atoms with Gasteiger partial charge in [0.15, 0.2) is 0 Å². The Labute approximate surface area is 114 Å². The van der Waals surface area contributed by atoms with Crippen LogP contribution in [0.5, 0.6) is 0 Å². The molecule has 1 nitrogen and oxygen atoms in total. The van der Waals surface area contributed by atoms with E-state index in [0.717, 1.165) is 10.7 Å². The summed E-state index contributed by atoms with van der Waals surface area (Å²) in [5.74, 6) is 0. The zero-order valence-electron chi connectivity index (χ0n) is 11.0. The molecule has 2 aromatic rings. The lowest BCUT2D eigenvalue weighted by Crippen LogP contribution is -2.07. The van der Waals surface area contributed by atoms with Crippen LogP contribution in [-0.4, -0.2) is 0 Å². The number of nitrogens with one attached hydrogen (secondary N) is 1. The third-order valence-corrected chi connectivity index (χ3v) is 3.61. The summed E-state index contributed by atoms with van der Waals surface area (Å²) in [6.45, 7) is 6.42. The molecular weight excluding hydrogens is 242 g/mol. The first-order chi connectivity index (χ1) is 8.58. The van der Waals surface area contributed by atoms with Gasteiger partial charge in [0.05, 0.1) is 10.7 Å². The molecule has 0 aliphatic carbocycles. The molecule has 1 N–H and O–H groups in total. The fourth-order valence-electron chi connectivity index (χ4n) is 1.93. The molecule has 2 rings (SSSR count). The topological polar surface area (TPSA) is 12.0 Å². The van der Waals surface area contributed by atoms with E-state index in [1.807, 2.05) is 24.3 Å². The summed E-state index contributed by atoms with van der Waals surface area (Å²) >= 11 is 6.15. The number of aryl methyl sites for hydroxylation is 2. The molecule has 0 saturated carbocycles. The number of rotatable bonds is 3. The lowest BCUT2D eigenvalue weighted by Gasteiger charge is -2.17. The predicted octanol–water partition coefficient (Wildman–Crippen LogP) is 5.13. The van der Waals surface area contributed by atoms with E-state index in [1.54, 1.807) is 0 Å². The minimum Gasteiger partial charge on any atom is -0.377 e. The van der Waals surface area contributed by atoms with Gasteiger partial charge in [0.25, 0.3) is 0 Å². The monoisotopic (exact) mass is 259 g/mol. The van der Waals surface area contributed by atoms with Crippen LogP contribution in [0.1, 0.15) is 29.7 Å². The molecule has 0 aliphatic rings. The van der Waals surface area contributed by atoms with Crippen molar-refractivity contribution in [3.05, 3.63) is 64.2 Å². The highest BCUT2D eigenvalue weighted by Gasteiger charge is 2.07. The van der Waals surface area contributed by atoms with Gasteiger partial charge in [0.2, 0.25) is 0 Å². The first kappa shape index (κ1) is 13.0. The molecule has 0 fully saturated rings. The maximum absolute atomic E-state index is 6.15. The zero-order valence-corrected chi connectivity index (χ0v) is 11.8. The largest absolute Gasteiger partial charge is 0.377 e. The van der Waals surface area contributed by atoms with E-state index in [2.05, 4.69) is 44.3 Å². The second-order valence-electron chi connectivity index (χ2n) is 4.69. The Morgan fingerprint density at radius 1 is 1.00 bits per heavy atom. The van der Waals surface area contributed by atoms with E-state index in [9.17, 15) is 0 Å². The molecule has 0 radical (unpaired) electrons. The molecule has 1 unspecified atom stereocenters. The number of para-hydroxylation sites is 1. The van der Waals surface area contributed by atoms with Crippen LogP contribution < -0.4 is 5.32 Å². The maximum Gasteiger partial charge on any atom is 0.0637 e. The van der Waals surface area contributed by atoms with Crippen LogP contribution in [0, 0.1) is 13.8 Å². The Balaban J connectivity index is 2.19. The smallest absolute Gasteiger partial charge is 0.0637 e. The van der Waals surface area contributed by atoms with Crippen LogP contribution in [0.4, 0.5) is 5.69 Å². The lowest BCUT2D eigenvalue weighted by atomic mass is 10.0. The summed E-state index contributed by atoms with van der Waals surface area (Å²) in [7, 11) is 0. The van der Waals surface area contributed by atoms with E-state index in [-0.39, 0.29) is 6.04 Å². The van der Waals surface area contributed by atoms with Gasteiger partial charge in [-0.1, -0.05) is 41.9 Å². The van der Waals surface area contributed by atoms with E-state index in [4.69, 9.17) is 11.6 Å². The zero-order chi connectivity index (χ0) is 13.1. The van der Waals surface area contributed by atoms with Gasteiger partial charge in [-0.3, -0.25) is 0 Å². The molecule has 0 spiro atoms. The quantitative estimate of drug-likeness (QED) is 0.806. The van der Waals surface area contributed by atoms with Crippen molar-refractivity contribution in [3.8, 4) is 0 Å². The Hall–Kier alpha value is -1.47. The molecule has 2 aromatic carbocycles. The Morgan fingerprint density at radius 2 is 1.72 bits per heavy atom. The van der Waals surface area contributed by atoms with Crippen LogP contribution in [0.3, 0.4) is 0 Å². The molecule has 2 heteroatoms. The van der Waals surface area contributed by atoms with Gasteiger partial charge < -0.3 is 5.32 Å². The highest BCUT2D eigenvalue weighted by atomic mass is 35.5. The van der Waals surface area contributed by atoms with E-state index < -0.39 is 0 Å². The Kier molecular flexibility index (Phi) is 3.93. The Morgan fingerprint density at radius 3 is 2.39 bits per heavy atom. The van der Waals surface area contributed by atoms with E-state index >= 15 is 0 Å². The fraction of sp³-hybridized carbons (Fsp3) is 0.250. The van der Waals surface area contributed by atoms with Gasteiger partial charge in [-0.25, -0.2) is 0 Å². The summed E-state index contributed by atoms with van der Waals surface area (Å²) in [5, 5.41) is 4.20. The van der Waals surface area contributed by atoms with Crippen LogP contribution in [0.15, 0.2) is 42.5 Å². The van der Waals surface area contributed by atoms with Crippen LogP contribution in [0.2, 0.25) is 5.02 Å². The van der Waals surface area contributed by atoms with E-state index in [1.165, 1.54) is 16.7 Å². The lowest BCUT2D eigenvalue weighted by molar-refractivity contribution is 0.882. The second-order valence-corrected chi connectivity index (χ2v) is 5.10. The summed E-state index contributed by atoms with van der Waals surface area (Å²) in [5.41, 5.74) is 4.90. The third-order valence-electron chi connectivity index (χ3n) is 3.28. The first-order valence-electron chi connectivity index (χ1n) is 6.16. The van der Waals surface area contributed by atoms with Gasteiger partial charge >= 0.3 is 0 Å². The number of hydrogen-bond donors (Lipinski definition) is 1. The van der Waals surface area contributed by atoms with Crippen molar-refractivity contribution in [2.24, 2.45) is 0 Å². The molecule has 0 bridgehead atoms. The van der Waals surface area contributed by atoms with Crippen molar-refractivity contribution in [3.63, 3.8) is 0 Å². The van der Waals surface area contributed by atoms with Crippen LogP contribution >= 0.6 is 11.6 Å². The molecule has 0 aliphatic heterocycles. The molecule has 0 saturated heterocycles. The minimum atomic E-state index is 0.240. The Bertz CT molecular complexity index is 549. The molecule has 94 valence electrons. The van der Waals surface area contributed by atoms with Gasteiger partial charge in [0.1, 0.15) is 0 Å². The predicted molar refractivity (Wildman–Crippen MR) is 79.4 cm³/mol. The molecule has 0 heterocycles. The summed E-state index contributed by atoms with van der Waals surface area (Å²) in [6.07, 6.45) is 0. The second kappa shape index (κ2) is 5.45. The van der Waals surface area contributed by atoms with Crippen molar-refractivity contribution in [2.45, 2.75) is 26.8 Å². The molecule has 1 atom stereocenters. The normalized spacial score (nSPS) is 12.2. The highest BCUT2D eigenvalue weighted by molar-refractivity contribution is 6.33. The fourth-order valence-corrected chi connectivity index (χ4v) is 2.12. The van der Waals surface area contributed by atoms with Crippen molar-refractivity contribution >= 4 is 17.3 Å².